The smallest absolute Gasteiger partial charge is 0.341 e. The molecule has 1 N–H and O–H groups in total. The van der Waals surface area contributed by atoms with Crippen LogP contribution in [0.25, 0.3) is 6.08 Å². The Bertz CT molecular complexity index is 900. The van der Waals surface area contributed by atoms with Gasteiger partial charge in [0.15, 0.2) is 0 Å². The third-order valence-electron chi connectivity index (χ3n) is 4.45. The van der Waals surface area contributed by atoms with Crippen molar-refractivity contribution in [3.05, 3.63) is 55.9 Å². The van der Waals surface area contributed by atoms with Gasteiger partial charge in [0, 0.05) is 26.6 Å². The molecule has 3 rings (SSSR count). The van der Waals surface area contributed by atoms with Gasteiger partial charge in [-0.25, -0.2) is 4.79 Å². The van der Waals surface area contributed by atoms with Gasteiger partial charge < -0.3 is 10.1 Å². The van der Waals surface area contributed by atoms with E-state index in [0.29, 0.717) is 32.8 Å². The molecule has 1 aliphatic rings. The molecule has 1 aromatic heterocycles. The molecule has 1 heterocycles. The van der Waals surface area contributed by atoms with Crippen LogP contribution in [0.1, 0.15) is 52.5 Å². The van der Waals surface area contributed by atoms with E-state index in [4.69, 9.17) is 27.9 Å². The fourth-order valence-corrected chi connectivity index (χ4v) is 4.92. The highest BCUT2D eigenvalue weighted by Crippen LogP contribution is 2.38. The van der Waals surface area contributed by atoms with Gasteiger partial charge in [0.05, 0.1) is 12.2 Å². The zero-order valence-corrected chi connectivity index (χ0v) is 17.8. The molecule has 1 aromatic carbocycles. The number of rotatable bonds is 6. The van der Waals surface area contributed by atoms with Crippen molar-refractivity contribution in [3.63, 3.8) is 0 Å². The number of fused-ring (bicyclic) bond motifs is 1. The van der Waals surface area contributed by atoms with Crippen molar-refractivity contribution in [1.29, 1.82) is 0 Å². The molecule has 4 nitrogen and oxygen atoms in total. The van der Waals surface area contributed by atoms with Gasteiger partial charge in [0.2, 0.25) is 5.91 Å². The van der Waals surface area contributed by atoms with Crippen LogP contribution in [0, 0.1) is 0 Å². The predicted octanol–water partition coefficient (Wildman–Crippen LogP) is 6.15. The number of hydrogen-bond acceptors (Lipinski definition) is 4. The first-order valence-corrected chi connectivity index (χ1v) is 10.8. The normalized spacial score (nSPS) is 13.4. The second-order valence-corrected chi connectivity index (χ2v) is 8.43. The van der Waals surface area contributed by atoms with Crippen molar-refractivity contribution in [3.8, 4) is 0 Å². The van der Waals surface area contributed by atoms with Crippen LogP contribution in [-0.4, -0.2) is 18.5 Å². The van der Waals surface area contributed by atoms with Crippen molar-refractivity contribution in [2.24, 2.45) is 0 Å². The summed E-state index contributed by atoms with van der Waals surface area (Å²) in [7, 11) is 0. The molecule has 0 unspecified atom stereocenters. The Kier molecular flexibility index (Phi) is 7.16. The summed E-state index contributed by atoms with van der Waals surface area (Å²) in [6.45, 7) is 2.31. The molecule has 0 saturated carbocycles. The van der Waals surface area contributed by atoms with E-state index >= 15 is 0 Å². The molecule has 0 radical (unpaired) electrons. The zero-order valence-electron chi connectivity index (χ0n) is 15.5. The number of amides is 1. The lowest BCUT2D eigenvalue weighted by atomic mass is 9.95. The Morgan fingerprint density at radius 2 is 1.93 bits per heavy atom. The van der Waals surface area contributed by atoms with Crippen LogP contribution in [0.15, 0.2) is 24.3 Å². The Morgan fingerprint density at radius 1 is 1.21 bits per heavy atom. The lowest BCUT2D eigenvalue weighted by molar-refractivity contribution is -0.111. The molecule has 7 heteroatoms. The Labute approximate surface area is 178 Å². The fraction of sp³-hybridized carbons (Fsp3) is 0.333. The number of carbonyl (C=O) groups excluding carboxylic acids is 2. The van der Waals surface area contributed by atoms with Gasteiger partial charge in [-0.05, 0) is 55.9 Å². The van der Waals surface area contributed by atoms with E-state index in [-0.39, 0.29) is 11.9 Å². The van der Waals surface area contributed by atoms with Gasteiger partial charge in [-0.1, -0.05) is 36.2 Å². The second-order valence-electron chi connectivity index (χ2n) is 6.51. The van der Waals surface area contributed by atoms with Gasteiger partial charge in [-0.15, -0.1) is 11.3 Å². The van der Waals surface area contributed by atoms with E-state index in [0.717, 1.165) is 42.5 Å². The first-order valence-electron chi connectivity index (χ1n) is 9.26. The van der Waals surface area contributed by atoms with E-state index in [1.54, 1.807) is 24.3 Å². The Balaban J connectivity index is 1.83. The number of benzene rings is 1. The molecule has 0 aliphatic heterocycles. The molecule has 1 amide bonds. The maximum Gasteiger partial charge on any atom is 0.341 e. The lowest BCUT2D eigenvalue weighted by Gasteiger charge is -2.12. The maximum absolute atomic E-state index is 12.6. The number of nitrogens with one attached hydrogen (secondary N) is 1. The predicted molar refractivity (Wildman–Crippen MR) is 116 cm³/mol. The second kappa shape index (κ2) is 9.59. The summed E-state index contributed by atoms with van der Waals surface area (Å²) < 4.78 is 5.35. The van der Waals surface area contributed by atoms with E-state index in [2.05, 4.69) is 5.32 Å². The van der Waals surface area contributed by atoms with Gasteiger partial charge in [-0.2, -0.15) is 0 Å². The van der Waals surface area contributed by atoms with Crippen molar-refractivity contribution in [2.75, 3.05) is 11.9 Å². The van der Waals surface area contributed by atoms with E-state index in [1.807, 2.05) is 6.92 Å². The number of thiophene rings is 1. The van der Waals surface area contributed by atoms with Crippen molar-refractivity contribution < 1.29 is 14.3 Å². The first-order chi connectivity index (χ1) is 13.5. The molecule has 148 valence electrons. The average Bonchev–Trinajstić information content (AvgIpc) is 3.03. The maximum atomic E-state index is 12.6. The number of anilines is 1. The highest BCUT2D eigenvalue weighted by Gasteiger charge is 2.27. The molecule has 0 spiro atoms. The molecular formula is C21H21Cl2NO3S. The van der Waals surface area contributed by atoms with Crippen molar-refractivity contribution in [2.45, 2.75) is 39.0 Å². The summed E-state index contributed by atoms with van der Waals surface area (Å²) in [4.78, 5) is 26.2. The molecule has 0 fully saturated rings. The quantitative estimate of drug-likeness (QED) is 0.435. The van der Waals surface area contributed by atoms with Crippen LogP contribution >= 0.6 is 34.5 Å². The number of halogens is 2. The summed E-state index contributed by atoms with van der Waals surface area (Å²) in [5.41, 5.74) is 2.10. The lowest BCUT2D eigenvalue weighted by Crippen LogP contribution is -2.14. The number of hydrogen-bond donors (Lipinski definition) is 1. The van der Waals surface area contributed by atoms with Crippen molar-refractivity contribution in [1.82, 2.24) is 0 Å². The Hall–Kier alpha value is -1.82. The third kappa shape index (κ3) is 4.77. The van der Waals surface area contributed by atoms with Crippen LogP contribution in [0.2, 0.25) is 10.0 Å². The highest BCUT2D eigenvalue weighted by atomic mass is 35.5. The SMILES string of the molecule is CCCOC(=O)c1c(NC(=O)C=Cc2c(Cl)cccc2Cl)sc2c1CCCC2. The van der Waals surface area contributed by atoms with E-state index in [9.17, 15) is 9.59 Å². The minimum atomic E-state index is -0.366. The van der Waals surface area contributed by atoms with Gasteiger partial charge >= 0.3 is 5.97 Å². The number of esters is 1. The van der Waals surface area contributed by atoms with Gasteiger partial charge in [0.25, 0.3) is 0 Å². The summed E-state index contributed by atoms with van der Waals surface area (Å²) in [5.74, 6) is -0.714. The fourth-order valence-electron chi connectivity index (χ4n) is 3.12. The standard InChI is InChI=1S/C21H21Cl2NO3S/c1-2-12-27-21(26)19-14-6-3-4-9-17(14)28-20(19)24-18(25)11-10-13-15(22)7-5-8-16(13)23/h5,7-8,10-11H,2-4,6,9,12H2,1H3,(H,24,25). The van der Waals surface area contributed by atoms with Crippen LogP contribution in [0.5, 0.6) is 0 Å². The molecule has 2 aromatic rings. The zero-order chi connectivity index (χ0) is 20.1. The van der Waals surface area contributed by atoms with E-state index < -0.39 is 0 Å². The molecule has 28 heavy (non-hydrogen) atoms. The van der Waals surface area contributed by atoms with Gasteiger partial charge in [-0.3, -0.25) is 4.79 Å². The molecule has 0 atom stereocenters. The first kappa shape index (κ1) is 20.9. The molecule has 0 bridgehead atoms. The Morgan fingerprint density at radius 3 is 2.64 bits per heavy atom. The summed E-state index contributed by atoms with van der Waals surface area (Å²) >= 11 is 13.7. The summed E-state index contributed by atoms with van der Waals surface area (Å²) in [6, 6.07) is 5.16. The van der Waals surface area contributed by atoms with Crippen LogP contribution in [0.4, 0.5) is 5.00 Å². The largest absolute Gasteiger partial charge is 0.462 e. The monoisotopic (exact) mass is 437 g/mol. The minimum absolute atomic E-state index is 0.348. The van der Waals surface area contributed by atoms with Gasteiger partial charge in [0.1, 0.15) is 5.00 Å². The topological polar surface area (TPSA) is 55.4 Å². The third-order valence-corrected chi connectivity index (χ3v) is 6.32. The van der Waals surface area contributed by atoms with Crippen LogP contribution in [-0.2, 0) is 22.4 Å². The van der Waals surface area contributed by atoms with Crippen LogP contribution in [0.3, 0.4) is 0 Å². The van der Waals surface area contributed by atoms with Crippen LogP contribution < -0.4 is 5.32 Å². The molecular weight excluding hydrogens is 417 g/mol. The summed E-state index contributed by atoms with van der Waals surface area (Å²) in [5, 5.41) is 4.32. The highest BCUT2D eigenvalue weighted by molar-refractivity contribution is 7.17. The summed E-state index contributed by atoms with van der Waals surface area (Å²) in [6.07, 6.45) is 7.58. The van der Waals surface area contributed by atoms with E-state index in [1.165, 1.54) is 17.4 Å². The molecule has 1 aliphatic carbocycles. The number of ether oxygens (including phenoxy) is 1. The average molecular weight is 438 g/mol. The molecule has 0 saturated heterocycles. The number of aryl methyl sites for hydroxylation is 1. The minimum Gasteiger partial charge on any atom is -0.462 e. The number of carbonyl (C=O) groups is 2. The van der Waals surface area contributed by atoms with Crippen molar-refractivity contribution >= 4 is 57.5 Å².